The molecule has 1 fully saturated rings. The van der Waals surface area contributed by atoms with Gasteiger partial charge < -0.3 is 21.1 Å². The highest BCUT2D eigenvalue weighted by atomic mass is 16.4. The van der Waals surface area contributed by atoms with E-state index >= 15 is 0 Å². The number of hydrogen-bond donors (Lipinski definition) is 3. The molecule has 1 rings (SSSR count). The molecule has 0 radical (unpaired) electrons. The number of aliphatic carboxylic acids is 1. The molecule has 1 heterocycles. The lowest BCUT2D eigenvalue weighted by atomic mass is 9.85. The Balaban J connectivity index is 2.63. The van der Waals surface area contributed by atoms with Gasteiger partial charge in [-0.3, -0.25) is 9.59 Å². The van der Waals surface area contributed by atoms with Gasteiger partial charge in [0, 0.05) is 19.1 Å². The molecule has 4 N–H and O–H groups in total. The number of nitrogens with two attached hydrogens (primary N) is 1. The second kappa shape index (κ2) is 6.11. The summed E-state index contributed by atoms with van der Waals surface area (Å²) in [6, 6.07) is -0.810. The molecule has 114 valence electrons. The zero-order valence-corrected chi connectivity index (χ0v) is 12.2. The standard InChI is InChI=1S/C13H23N3O4/c1-13(2,3)9(6-10(17)18)15-12(20)16-5-4-8(7-16)11(14)19/h8-9H,4-7H2,1-3H3,(H2,14,19)(H,15,20)(H,17,18). The maximum atomic E-state index is 12.1. The predicted octanol–water partition coefficient (Wildman–Crippen LogP) is 0.393. The van der Waals surface area contributed by atoms with E-state index in [1.54, 1.807) is 0 Å². The van der Waals surface area contributed by atoms with Gasteiger partial charge in [0.15, 0.2) is 0 Å². The molecule has 0 aromatic rings. The van der Waals surface area contributed by atoms with Gasteiger partial charge in [0.05, 0.1) is 12.3 Å². The molecule has 2 atom stereocenters. The van der Waals surface area contributed by atoms with Crippen LogP contribution in [0.2, 0.25) is 0 Å². The molecule has 0 bridgehead atoms. The summed E-state index contributed by atoms with van der Waals surface area (Å²) < 4.78 is 0. The highest BCUT2D eigenvalue weighted by Gasteiger charge is 2.33. The number of urea groups is 1. The van der Waals surface area contributed by atoms with Crippen molar-refractivity contribution < 1.29 is 19.5 Å². The van der Waals surface area contributed by atoms with Gasteiger partial charge in [-0.05, 0) is 11.8 Å². The molecule has 0 aromatic heterocycles. The number of carbonyl (C=O) groups excluding carboxylic acids is 2. The van der Waals surface area contributed by atoms with Gasteiger partial charge >= 0.3 is 12.0 Å². The molecule has 7 heteroatoms. The Labute approximate surface area is 118 Å². The van der Waals surface area contributed by atoms with E-state index in [1.807, 2.05) is 20.8 Å². The zero-order valence-electron chi connectivity index (χ0n) is 12.2. The molecule has 3 amide bonds. The van der Waals surface area contributed by atoms with Gasteiger partial charge in [-0.1, -0.05) is 20.8 Å². The number of likely N-dealkylation sites (tertiary alicyclic amines) is 1. The van der Waals surface area contributed by atoms with Gasteiger partial charge in [-0.2, -0.15) is 0 Å². The Bertz CT molecular complexity index is 403. The minimum absolute atomic E-state index is 0.137. The first-order valence-electron chi connectivity index (χ1n) is 6.68. The maximum Gasteiger partial charge on any atom is 0.317 e. The van der Waals surface area contributed by atoms with Crippen LogP contribution in [0.15, 0.2) is 0 Å². The van der Waals surface area contributed by atoms with E-state index in [1.165, 1.54) is 4.90 Å². The molecule has 1 aliphatic rings. The summed E-state index contributed by atoms with van der Waals surface area (Å²) in [4.78, 5) is 35.6. The topological polar surface area (TPSA) is 113 Å². The minimum Gasteiger partial charge on any atom is -0.481 e. The molecule has 0 spiro atoms. The fourth-order valence-corrected chi connectivity index (χ4v) is 2.17. The monoisotopic (exact) mass is 285 g/mol. The summed E-state index contributed by atoms with van der Waals surface area (Å²) in [5.74, 6) is -1.67. The molecule has 2 unspecified atom stereocenters. The summed E-state index contributed by atoms with van der Waals surface area (Å²) in [5, 5.41) is 11.7. The summed E-state index contributed by atoms with van der Waals surface area (Å²) in [5.41, 5.74) is 4.86. The summed E-state index contributed by atoms with van der Waals surface area (Å²) in [6.45, 7) is 6.37. The molecule has 0 saturated carbocycles. The summed E-state index contributed by atoms with van der Waals surface area (Å²) in [6.07, 6.45) is 0.421. The molecule has 1 aliphatic heterocycles. The Kier molecular flexibility index (Phi) is 4.97. The number of carboxylic acid groups (broad SMARTS) is 1. The van der Waals surface area contributed by atoms with Gasteiger partial charge in [0.25, 0.3) is 0 Å². The fraction of sp³-hybridized carbons (Fsp3) is 0.769. The van der Waals surface area contributed by atoms with Gasteiger partial charge in [0.1, 0.15) is 0 Å². The molecular formula is C13H23N3O4. The van der Waals surface area contributed by atoms with Crippen LogP contribution in [0.3, 0.4) is 0 Å². The van der Waals surface area contributed by atoms with E-state index in [0.29, 0.717) is 19.5 Å². The zero-order chi connectivity index (χ0) is 15.5. The molecule has 1 saturated heterocycles. The van der Waals surface area contributed by atoms with Crippen LogP contribution in [0.5, 0.6) is 0 Å². The van der Waals surface area contributed by atoms with E-state index in [-0.39, 0.29) is 23.8 Å². The van der Waals surface area contributed by atoms with Crippen LogP contribution in [0, 0.1) is 11.3 Å². The quantitative estimate of drug-likeness (QED) is 0.693. The average molecular weight is 285 g/mol. The number of carbonyl (C=O) groups is 3. The number of nitrogens with one attached hydrogen (secondary N) is 1. The molecular weight excluding hydrogens is 262 g/mol. The van der Waals surface area contributed by atoms with Crippen molar-refractivity contribution >= 4 is 17.9 Å². The number of primary amides is 1. The second-order valence-electron chi connectivity index (χ2n) is 6.30. The Hall–Kier alpha value is -1.79. The number of amides is 3. The molecule has 7 nitrogen and oxygen atoms in total. The highest BCUT2D eigenvalue weighted by molar-refractivity contribution is 5.80. The van der Waals surface area contributed by atoms with Gasteiger partial charge in [0.2, 0.25) is 5.91 Å². The number of carboxylic acids is 1. The van der Waals surface area contributed by atoms with Crippen molar-refractivity contribution in [1.29, 1.82) is 0 Å². The lowest BCUT2D eigenvalue weighted by Gasteiger charge is -2.32. The number of nitrogens with zero attached hydrogens (tertiary/aromatic N) is 1. The maximum absolute atomic E-state index is 12.1. The van der Waals surface area contributed by atoms with Crippen LogP contribution in [-0.2, 0) is 9.59 Å². The second-order valence-corrected chi connectivity index (χ2v) is 6.30. The van der Waals surface area contributed by atoms with Crippen molar-refractivity contribution in [3.05, 3.63) is 0 Å². The Morgan fingerprint density at radius 1 is 1.40 bits per heavy atom. The first-order valence-corrected chi connectivity index (χ1v) is 6.68. The van der Waals surface area contributed by atoms with Gasteiger partial charge in [-0.15, -0.1) is 0 Å². The fourth-order valence-electron chi connectivity index (χ4n) is 2.17. The Morgan fingerprint density at radius 3 is 2.40 bits per heavy atom. The SMILES string of the molecule is CC(C)(C)C(CC(=O)O)NC(=O)N1CCC(C(N)=O)C1. The third-order valence-corrected chi connectivity index (χ3v) is 3.60. The van der Waals surface area contributed by atoms with Crippen LogP contribution in [0.1, 0.15) is 33.6 Å². The third kappa shape index (κ3) is 4.40. The predicted molar refractivity (Wildman–Crippen MR) is 72.9 cm³/mol. The largest absolute Gasteiger partial charge is 0.481 e. The third-order valence-electron chi connectivity index (χ3n) is 3.60. The smallest absolute Gasteiger partial charge is 0.317 e. The van der Waals surface area contributed by atoms with Gasteiger partial charge in [-0.25, -0.2) is 4.79 Å². The van der Waals surface area contributed by atoms with Crippen LogP contribution >= 0.6 is 0 Å². The van der Waals surface area contributed by atoms with Crippen LogP contribution < -0.4 is 11.1 Å². The highest BCUT2D eigenvalue weighted by Crippen LogP contribution is 2.23. The lowest BCUT2D eigenvalue weighted by Crippen LogP contribution is -2.50. The van der Waals surface area contributed by atoms with Crippen LogP contribution in [0.4, 0.5) is 4.79 Å². The van der Waals surface area contributed by atoms with Crippen LogP contribution in [-0.4, -0.2) is 47.0 Å². The molecule has 20 heavy (non-hydrogen) atoms. The molecule has 0 aliphatic carbocycles. The minimum atomic E-state index is -0.957. The first-order chi connectivity index (χ1) is 9.11. The average Bonchev–Trinajstić information content (AvgIpc) is 2.75. The summed E-state index contributed by atoms with van der Waals surface area (Å²) in [7, 11) is 0. The summed E-state index contributed by atoms with van der Waals surface area (Å²) >= 11 is 0. The van der Waals surface area contributed by atoms with E-state index in [0.717, 1.165) is 0 Å². The van der Waals surface area contributed by atoms with Crippen molar-refractivity contribution in [2.45, 2.75) is 39.7 Å². The van der Waals surface area contributed by atoms with Crippen LogP contribution in [0.25, 0.3) is 0 Å². The van der Waals surface area contributed by atoms with E-state index in [2.05, 4.69) is 5.32 Å². The Morgan fingerprint density at radius 2 is 2.00 bits per heavy atom. The lowest BCUT2D eigenvalue weighted by molar-refractivity contribution is -0.138. The van der Waals surface area contributed by atoms with Crippen molar-refractivity contribution in [2.24, 2.45) is 17.1 Å². The number of hydrogen-bond acceptors (Lipinski definition) is 3. The van der Waals surface area contributed by atoms with E-state index in [9.17, 15) is 14.4 Å². The van der Waals surface area contributed by atoms with E-state index < -0.39 is 17.9 Å². The first kappa shape index (κ1) is 16.3. The van der Waals surface area contributed by atoms with E-state index in [4.69, 9.17) is 10.8 Å². The van der Waals surface area contributed by atoms with Crippen molar-refractivity contribution in [3.63, 3.8) is 0 Å². The van der Waals surface area contributed by atoms with Crippen molar-refractivity contribution in [1.82, 2.24) is 10.2 Å². The normalized spacial score (nSPS) is 20.6. The van der Waals surface area contributed by atoms with Crippen molar-refractivity contribution in [2.75, 3.05) is 13.1 Å². The van der Waals surface area contributed by atoms with Crippen molar-refractivity contribution in [3.8, 4) is 0 Å². The molecule has 0 aromatic carbocycles. The number of rotatable bonds is 4.